The largest absolute Gasteiger partial charge is 0.469 e. The fourth-order valence-electron chi connectivity index (χ4n) is 3.89. The van der Waals surface area contributed by atoms with E-state index in [4.69, 9.17) is 9.47 Å². The number of methoxy groups -OCH3 is 1. The standard InChI is InChI=1S/C29H35N5O4Si/c1-37-27(35)14-13-25-20-34(26-11-6-5-7-12-26)29(31-25)32-28(36)23-10-8-9-22(17-23)24-18-30-33(19-24)21-38-15-16-39(2,3)4/h5-12,17-20H,13-16,21H2,1-4H3,(H,31,32,36). The SMILES string of the molecule is COC(=O)CCc1cn(-c2ccccc2)c(NC(=O)c2cccc(-c3cnn(COCC[Si](C)(C)C)c3)c2)n1. The number of esters is 1. The van der Waals surface area contributed by atoms with E-state index in [1.54, 1.807) is 21.5 Å². The molecule has 0 saturated heterocycles. The summed E-state index contributed by atoms with van der Waals surface area (Å²) in [5.74, 6) is -0.228. The number of hydrogen-bond donors (Lipinski definition) is 1. The molecule has 0 aliphatic heterocycles. The zero-order chi connectivity index (χ0) is 27.8. The Labute approximate surface area is 229 Å². The predicted octanol–water partition coefficient (Wildman–Crippen LogP) is 5.41. The van der Waals surface area contributed by atoms with Crippen molar-refractivity contribution < 1.29 is 19.1 Å². The average Bonchev–Trinajstić information content (AvgIpc) is 3.57. The number of benzene rings is 2. The topological polar surface area (TPSA) is 100 Å². The van der Waals surface area contributed by atoms with Gasteiger partial charge in [0.05, 0.1) is 25.4 Å². The van der Waals surface area contributed by atoms with E-state index in [1.807, 2.05) is 60.9 Å². The lowest BCUT2D eigenvalue weighted by Crippen LogP contribution is -2.22. The summed E-state index contributed by atoms with van der Waals surface area (Å²) in [7, 11) is 0.222. The molecule has 2 aromatic carbocycles. The molecule has 1 amide bonds. The van der Waals surface area contributed by atoms with E-state index < -0.39 is 8.07 Å². The van der Waals surface area contributed by atoms with Gasteiger partial charge in [0.2, 0.25) is 5.95 Å². The Kier molecular flexibility index (Phi) is 9.10. The monoisotopic (exact) mass is 545 g/mol. The number of aromatic nitrogens is 4. The Balaban J connectivity index is 1.47. The van der Waals surface area contributed by atoms with Gasteiger partial charge in [-0.15, -0.1) is 0 Å². The van der Waals surface area contributed by atoms with Gasteiger partial charge >= 0.3 is 5.97 Å². The predicted molar refractivity (Wildman–Crippen MR) is 154 cm³/mol. The second-order valence-corrected chi connectivity index (χ2v) is 16.1. The summed E-state index contributed by atoms with van der Waals surface area (Å²) in [5, 5.41) is 7.35. The van der Waals surface area contributed by atoms with Crippen LogP contribution in [0.3, 0.4) is 0 Å². The molecule has 39 heavy (non-hydrogen) atoms. The minimum Gasteiger partial charge on any atom is -0.469 e. The van der Waals surface area contributed by atoms with E-state index in [0.29, 0.717) is 30.4 Å². The first-order valence-corrected chi connectivity index (χ1v) is 16.6. The molecule has 0 unspecified atom stereocenters. The lowest BCUT2D eigenvalue weighted by atomic mass is 10.1. The average molecular weight is 546 g/mol. The second-order valence-electron chi connectivity index (χ2n) is 10.5. The van der Waals surface area contributed by atoms with Gasteiger partial charge in [-0.2, -0.15) is 5.10 Å². The highest BCUT2D eigenvalue weighted by atomic mass is 28.3. The van der Waals surface area contributed by atoms with Crippen LogP contribution in [0, 0.1) is 0 Å². The van der Waals surface area contributed by atoms with Crippen LogP contribution >= 0.6 is 0 Å². The maximum absolute atomic E-state index is 13.3. The zero-order valence-electron chi connectivity index (χ0n) is 22.9. The maximum atomic E-state index is 13.3. The Morgan fingerprint density at radius 2 is 1.79 bits per heavy atom. The summed E-state index contributed by atoms with van der Waals surface area (Å²) in [6, 6.07) is 18.1. The van der Waals surface area contributed by atoms with Crippen molar-refractivity contribution in [2.75, 3.05) is 19.0 Å². The van der Waals surface area contributed by atoms with Crippen molar-refractivity contribution in [1.82, 2.24) is 19.3 Å². The maximum Gasteiger partial charge on any atom is 0.305 e. The highest BCUT2D eigenvalue weighted by Gasteiger charge is 2.16. The number of nitrogens with one attached hydrogen (secondary N) is 1. The van der Waals surface area contributed by atoms with Crippen LogP contribution in [0.25, 0.3) is 16.8 Å². The number of rotatable bonds is 12. The summed E-state index contributed by atoms with van der Waals surface area (Å²) < 4.78 is 14.1. The summed E-state index contributed by atoms with van der Waals surface area (Å²) in [5.41, 5.74) is 3.78. The Bertz CT molecular complexity index is 1410. The summed E-state index contributed by atoms with van der Waals surface area (Å²) in [6.07, 6.45) is 6.12. The van der Waals surface area contributed by atoms with Crippen LogP contribution in [0.4, 0.5) is 5.95 Å². The van der Waals surface area contributed by atoms with Crippen molar-refractivity contribution >= 4 is 25.9 Å². The van der Waals surface area contributed by atoms with Crippen LogP contribution in [-0.4, -0.2) is 53.0 Å². The van der Waals surface area contributed by atoms with Crippen molar-refractivity contribution in [1.29, 1.82) is 0 Å². The molecule has 0 atom stereocenters. The van der Waals surface area contributed by atoms with E-state index >= 15 is 0 Å². The van der Waals surface area contributed by atoms with Crippen LogP contribution in [0.15, 0.2) is 73.2 Å². The number of anilines is 1. The number of ether oxygens (including phenoxy) is 2. The van der Waals surface area contributed by atoms with Gasteiger partial charge in [0.25, 0.3) is 5.91 Å². The third kappa shape index (κ3) is 7.98. The molecule has 0 saturated carbocycles. The minimum absolute atomic E-state index is 0.203. The number of imidazole rings is 1. The Hall–Kier alpha value is -4.02. The zero-order valence-corrected chi connectivity index (χ0v) is 23.9. The molecule has 2 heterocycles. The van der Waals surface area contributed by atoms with E-state index in [2.05, 4.69) is 35.0 Å². The molecular formula is C29H35N5O4Si. The molecule has 0 fully saturated rings. The third-order valence-electron chi connectivity index (χ3n) is 6.14. The number of para-hydroxylation sites is 1. The number of amides is 1. The molecular weight excluding hydrogens is 510 g/mol. The van der Waals surface area contributed by atoms with Crippen molar-refractivity contribution in [3.63, 3.8) is 0 Å². The number of hydrogen-bond acceptors (Lipinski definition) is 6. The molecule has 0 aliphatic carbocycles. The van der Waals surface area contributed by atoms with E-state index in [1.165, 1.54) is 7.11 Å². The molecule has 4 rings (SSSR count). The lowest BCUT2D eigenvalue weighted by Gasteiger charge is -2.15. The molecule has 0 aliphatic rings. The van der Waals surface area contributed by atoms with Crippen molar-refractivity contribution in [3.8, 4) is 16.8 Å². The number of nitrogens with zero attached hydrogens (tertiary/aromatic N) is 4. The molecule has 204 valence electrons. The number of aryl methyl sites for hydroxylation is 1. The van der Waals surface area contributed by atoms with E-state index in [-0.39, 0.29) is 18.3 Å². The Morgan fingerprint density at radius 1 is 1.00 bits per heavy atom. The van der Waals surface area contributed by atoms with Gasteiger partial charge in [0.15, 0.2) is 0 Å². The fraction of sp³-hybridized carbons (Fsp3) is 0.310. The van der Waals surface area contributed by atoms with Gasteiger partial charge in [-0.1, -0.05) is 50.0 Å². The number of carbonyl (C=O) groups is 2. The first kappa shape index (κ1) is 28.0. The van der Waals surface area contributed by atoms with Crippen LogP contribution in [-0.2, 0) is 27.4 Å². The van der Waals surface area contributed by atoms with Crippen molar-refractivity contribution in [2.24, 2.45) is 0 Å². The van der Waals surface area contributed by atoms with Gasteiger partial charge < -0.3 is 9.47 Å². The fourth-order valence-corrected chi connectivity index (χ4v) is 4.65. The quantitative estimate of drug-likeness (QED) is 0.145. The van der Waals surface area contributed by atoms with Crippen LogP contribution < -0.4 is 5.32 Å². The lowest BCUT2D eigenvalue weighted by molar-refractivity contribution is -0.140. The smallest absolute Gasteiger partial charge is 0.305 e. The minimum atomic E-state index is -1.14. The van der Waals surface area contributed by atoms with Crippen LogP contribution in [0.2, 0.25) is 25.7 Å². The summed E-state index contributed by atoms with van der Waals surface area (Å²) >= 11 is 0. The molecule has 0 radical (unpaired) electrons. The van der Waals surface area contributed by atoms with Crippen LogP contribution in [0.1, 0.15) is 22.5 Å². The third-order valence-corrected chi connectivity index (χ3v) is 7.84. The van der Waals surface area contributed by atoms with E-state index in [0.717, 1.165) is 29.5 Å². The van der Waals surface area contributed by atoms with Gasteiger partial charge in [-0.05, 0) is 35.9 Å². The van der Waals surface area contributed by atoms with Crippen molar-refractivity contribution in [3.05, 3.63) is 84.4 Å². The first-order valence-electron chi connectivity index (χ1n) is 12.9. The van der Waals surface area contributed by atoms with Gasteiger partial charge in [0.1, 0.15) is 6.73 Å². The highest BCUT2D eigenvalue weighted by Crippen LogP contribution is 2.22. The van der Waals surface area contributed by atoms with Gasteiger partial charge in [0, 0.05) is 50.3 Å². The first-order chi connectivity index (χ1) is 18.7. The second kappa shape index (κ2) is 12.7. The molecule has 0 spiro atoms. The molecule has 10 heteroatoms. The normalized spacial score (nSPS) is 11.4. The highest BCUT2D eigenvalue weighted by molar-refractivity contribution is 6.76. The molecule has 0 bridgehead atoms. The molecule has 2 aromatic heterocycles. The number of carbonyl (C=O) groups excluding carboxylic acids is 2. The van der Waals surface area contributed by atoms with Gasteiger partial charge in [-0.3, -0.25) is 19.5 Å². The molecule has 4 aromatic rings. The van der Waals surface area contributed by atoms with E-state index in [9.17, 15) is 9.59 Å². The Morgan fingerprint density at radius 3 is 2.54 bits per heavy atom. The summed E-state index contributed by atoms with van der Waals surface area (Å²) in [4.78, 5) is 29.5. The molecule has 9 nitrogen and oxygen atoms in total. The van der Waals surface area contributed by atoms with Gasteiger partial charge in [-0.25, -0.2) is 9.67 Å². The van der Waals surface area contributed by atoms with Crippen LogP contribution in [0.5, 0.6) is 0 Å². The molecule has 1 N–H and O–H groups in total. The van der Waals surface area contributed by atoms with Crippen molar-refractivity contribution in [2.45, 2.75) is 45.3 Å². The summed E-state index contributed by atoms with van der Waals surface area (Å²) in [6.45, 7) is 8.09.